The van der Waals surface area contributed by atoms with Crippen molar-refractivity contribution in [3.8, 4) is 0 Å². The molecule has 1 aromatic carbocycles. The van der Waals surface area contributed by atoms with Crippen molar-refractivity contribution in [2.75, 3.05) is 7.11 Å². The number of carbonyl (C=O) groups excluding carboxylic acids is 2. The van der Waals surface area contributed by atoms with Crippen LogP contribution in [0.5, 0.6) is 0 Å². The number of nitrogens with one attached hydrogen (secondary N) is 1. The molecule has 0 aliphatic carbocycles. The van der Waals surface area contributed by atoms with Gasteiger partial charge in [-0.1, -0.05) is 30.3 Å². The Morgan fingerprint density at radius 1 is 1.18 bits per heavy atom. The largest absolute Gasteiger partial charge is 0.467 e. The number of aryl methyl sites for hydroxylation is 1. The van der Waals surface area contributed by atoms with Crippen LogP contribution >= 0.6 is 0 Å². The zero-order valence-electron chi connectivity index (χ0n) is 13.7. The number of methoxy groups -OCH3 is 1. The summed E-state index contributed by atoms with van der Waals surface area (Å²) in [5.41, 5.74) is 0.595. The molecule has 0 saturated carbocycles. The quantitative estimate of drug-likeness (QED) is 0.820. The van der Waals surface area contributed by atoms with E-state index in [1.54, 1.807) is 20.8 Å². The Morgan fingerprint density at radius 3 is 2.36 bits per heavy atom. The number of esters is 1. The SMILES string of the molecule is COC(=O)[C@H](CCCc1ccccc1)NC(=O)OC(C)(C)C. The Balaban J connectivity index is 2.50. The van der Waals surface area contributed by atoms with Crippen LogP contribution in [0.1, 0.15) is 39.2 Å². The van der Waals surface area contributed by atoms with Crippen LogP contribution in [0.15, 0.2) is 30.3 Å². The maximum Gasteiger partial charge on any atom is 0.408 e. The summed E-state index contributed by atoms with van der Waals surface area (Å²) in [5.74, 6) is -0.459. The maximum atomic E-state index is 11.8. The van der Waals surface area contributed by atoms with E-state index >= 15 is 0 Å². The van der Waals surface area contributed by atoms with Crippen molar-refractivity contribution in [3.63, 3.8) is 0 Å². The predicted molar refractivity (Wildman–Crippen MR) is 84.6 cm³/mol. The first kappa shape index (κ1) is 18.0. The fourth-order valence-electron chi connectivity index (χ4n) is 2.00. The van der Waals surface area contributed by atoms with Gasteiger partial charge in [0.1, 0.15) is 11.6 Å². The molecule has 0 fully saturated rings. The Hall–Kier alpha value is -2.04. The first-order valence-corrected chi connectivity index (χ1v) is 7.43. The highest BCUT2D eigenvalue weighted by Gasteiger charge is 2.24. The minimum atomic E-state index is -0.691. The second-order valence-electron chi connectivity index (χ2n) is 6.10. The Kier molecular flexibility index (Phi) is 6.89. The van der Waals surface area contributed by atoms with Gasteiger partial charge in [0.05, 0.1) is 7.11 Å². The van der Waals surface area contributed by atoms with E-state index in [0.717, 1.165) is 12.8 Å². The van der Waals surface area contributed by atoms with Gasteiger partial charge >= 0.3 is 12.1 Å². The van der Waals surface area contributed by atoms with Gasteiger partial charge in [0, 0.05) is 0 Å². The number of alkyl carbamates (subject to hydrolysis) is 1. The molecule has 1 atom stereocenters. The van der Waals surface area contributed by atoms with Crippen LogP contribution < -0.4 is 5.32 Å². The van der Waals surface area contributed by atoms with Crippen molar-refractivity contribution in [2.24, 2.45) is 0 Å². The minimum absolute atomic E-state index is 0.459. The van der Waals surface area contributed by atoms with Gasteiger partial charge in [-0.2, -0.15) is 0 Å². The highest BCUT2D eigenvalue weighted by atomic mass is 16.6. The summed E-state index contributed by atoms with van der Waals surface area (Å²) in [6.07, 6.45) is 1.49. The topological polar surface area (TPSA) is 64.6 Å². The Labute approximate surface area is 132 Å². The Morgan fingerprint density at radius 2 is 1.82 bits per heavy atom. The van der Waals surface area contributed by atoms with Gasteiger partial charge in [0.15, 0.2) is 0 Å². The van der Waals surface area contributed by atoms with E-state index in [1.807, 2.05) is 30.3 Å². The molecule has 1 amide bonds. The summed E-state index contributed by atoms with van der Waals surface area (Å²) in [6.45, 7) is 5.32. The normalized spacial score (nSPS) is 12.4. The summed E-state index contributed by atoms with van der Waals surface area (Å²) in [7, 11) is 1.31. The molecule has 5 nitrogen and oxygen atoms in total. The number of ether oxygens (including phenoxy) is 2. The molecule has 0 unspecified atom stereocenters. The van der Waals surface area contributed by atoms with Gasteiger partial charge in [-0.15, -0.1) is 0 Å². The van der Waals surface area contributed by atoms with Crippen molar-refractivity contribution >= 4 is 12.1 Å². The van der Waals surface area contributed by atoms with Crippen LogP contribution in [-0.2, 0) is 20.7 Å². The van der Waals surface area contributed by atoms with Crippen LogP contribution in [0.4, 0.5) is 4.79 Å². The van der Waals surface area contributed by atoms with E-state index in [-0.39, 0.29) is 0 Å². The molecular weight excluding hydrogens is 282 g/mol. The van der Waals surface area contributed by atoms with Crippen molar-refractivity contribution < 1.29 is 19.1 Å². The van der Waals surface area contributed by atoms with Gasteiger partial charge in [-0.05, 0) is 45.6 Å². The summed E-state index contributed by atoms with van der Waals surface area (Å²) in [6, 6.07) is 9.30. The summed E-state index contributed by atoms with van der Waals surface area (Å²) >= 11 is 0. The first-order chi connectivity index (χ1) is 10.3. The number of carbonyl (C=O) groups is 2. The van der Waals surface area contributed by atoms with E-state index in [4.69, 9.17) is 9.47 Å². The second-order valence-corrected chi connectivity index (χ2v) is 6.10. The number of hydrogen-bond donors (Lipinski definition) is 1. The van der Waals surface area contributed by atoms with E-state index in [2.05, 4.69) is 5.32 Å². The predicted octanol–water partition coefficient (Wildman–Crippen LogP) is 3.08. The zero-order valence-corrected chi connectivity index (χ0v) is 13.7. The number of amides is 1. The van der Waals surface area contributed by atoms with Crippen molar-refractivity contribution in [1.29, 1.82) is 0 Å². The number of benzene rings is 1. The fourth-order valence-corrected chi connectivity index (χ4v) is 2.00. The van der Waals surface area contributed by atoms with Crippen molar-refractivity contribution in [3.05, 3.63) is 35.9 Å². The molecule has 5 heteroatoms. The lowest BCUT2D eigenvalue weighted by Gasteiger charge is -2.22. The number of hydrogen-bond acceptors (Lipinski definition) is 4. The van der Waals surface area contributed by atoms with Crippen molar-refractivity contribution in [1.82, 2.24) is 5.32 Å². The highest BCUT2D eigenvalue weighted by Crippen LogP contribution is 2.10. The third-order valence-electron chi connectivity index (χ3n) is 2.98. The molecular formula is C17H25NO4. The standard InChI is InChI=1S/C17H25NO4/c1-17(2,3)22-16(20)18-14(15(19)21-4)12-8-11-13-9-6-5-7-10-13/h5-7,9-10,14H,8,11-12H2,1-4H3,(H,18,20)/t14-/m0/s1. The molecule has 0 aromatic heterocycles. The number of rotatable bonds is 6. The zero-order chi connectivity index (χ0) is 16.6. The third kappa shape index (κ3) is 7.11. The molecule has 0 heterocycles. The van der Waals surface area contributed by atoms with Gasteiger partial charge < -0.3 is 14.8 Å². The van der Waals surface area contributed by atoms with Crippen molar-refractivity contribution in [2.45, 2.75) is 51.7 Å². The van der Waals surface area contributed by atoms with Crippen LogP contribution in [0.3, 0.4) is 0 Å². The second kappa shape index (κ2) is 8.41. The maximum absolute atomic E-state index is 11.8. The van der Waals surface area contributed by atoms with E-state index in [0.29, 0.717) is 6.42 Å². The highest BCUT2D eigenvalue weighted by molar-refractivity contribution is 5.81. The summed E-state index contributed by atoms with van der Waals surface area (Å²) < 4.78 is 9.91. The van der Waals surface area contributed by atoms with Crippen LogP contribution in [-0.4, -0.2) is 30.8 Å². The van der Waals surface area contributed by atoms with Crippen LogP contribution in [0.25, 0.3) is 0 Å². The molecule has 0 spiro atoms. The van der Waals surface area contributed by atoms with Crippen LogP contribution in [0.2, 0.25) is 0 Å². The Bertz CT molecular complexity index is 479. The van der Waals surface area contributed by atoms with Gasteiger partial charge in [0.25, 0.3) is 0 Å². The molecule has 1 aromatic rings. The third-order valence-corrected chi connectivity index (χ3v) is 2.98. The smallest absolute Gasteiger partial charge is 0.408 e. The lowest BCUT2D eigenvalue weighted by atomic mass is 10.0. The average molecular weight is 307 g/mol. The summed E-state index contributed by atoms with van der Waals surface area (Å²) in [5, 5.41) is 2.57. The minimum Gasteiger partial charge on any atom is -0.467 e. The van der Waals surface area contributed by atoms with Crippen LogP contribution in [0, 0.1) is 0 Å². The molecule has 1 rings (SSSR count). The lowest BCUT2D eigenvalue weighted by molar-refractivity contribution is -0.143. The summed E-state index contributed by atoms with van der Waals surface area (Å²) in [4.78, 5) is 23.5. The van der Waals surface area contributed by atoms with Gasteiger partial charge in [0.2, 0.25) is 0 Å². The molecule has 22 heavy (non-hydrogen) atoms. The average Bonchev–Trinajstić information content (AvgIpc) is 2.44. The van der Waals surface area contributed by atoms with E-state index < -0.39 is 23.7 Å². The molecule has 0 saturated heterocycles. The molecule has 1 N–H and O–H groups in total. The molecule has 122 valence electrons. The van der Waals surface area contributed by atoms with E-state index in [1.165, 1.54) is 12.7 Å². The lowest BCUT2D eigenvalue weighted by Crippen LogP contribution is -2.44. The van der Waals surface area contributed by atoms with Gasteiger partial charge in [-0.25, -0.2) is 9.59 Å². The van der Waals surface area contributed by atoms with Gasteiger partial charge in [-0.3, -0.25) is 0 Å². The monoisotopic (exact) mass is 307 g/mol. The molecule has 0 bridgehead atoms. The molecule has 0 aliphatic heterocycles. The molecule has 0 aliphatic rings. The van der Waals surface area contributed by atoms with E-state index in [9.17, 15) is 9.59 Å². The first-order valence-electron chi connectivity index (χ1n) is 7.43. The fraction of sp³-hybridized carbons (Fsp3) is 0.529. The molecule has 0 radical (unpaired) electrons.